The third kappa shape index (κ3) is 3.86. The van der Waals surface area contributed by atoms with E-state index in [-0.39, 0.29) is 17.2 Å². The van der Waals surface area contributed by atoms with Gasteiger partial charge in [-0.1, -0.05) is 36.9 Å². The first-order valence-electron chi connectivity index (χ1n) is 9.35. The Bertz CT molecular complexity index is 1220. The first kappa shape index (κ1) is 19.1. The van der Waals surface area contributed by atoms with Crippen molar-refractivity contribution < 1.29 is 4.79 Å². The summed E-state index contributed by atoms with van der Waals surface area (Å²) in [5, 5.41) is 12.5. The van der Waals surface area contributed by atoms with Crippen molar-refractivity contribution in [1.29, 1.82) is 0 Å². The number of carbonyl (C=O) groups is 1. The minimum absolute atomic E-state index is 0.0768. The van der Waals surface area contributed by atoms with E-state index in [2.05, 4.69) is 20.5 Å². The molecule has 3 aromatic heterocycles. The van der Waals surface area contributed by atoms with Gasteiger partial charge < -0.3 is 5.32 Å². The molecule has 0 aliphatic rings. The number of thioether (sulfide) groups is 1. The number of nitrogens with zero attached hydrogens (tertiary/aromatic N) is 5. The van der Waals surface area contributed by atoms with Crippen LogP contribution in [0.1, 0.15) is 19.0 Å². The van der Waals surface area contributed by atoms with Crippen LogP contribution in [-0.4, -0.2) is 35.8 Å². The molecule has 4 aromatic rings. The predicted molar refractivity (Wildman–Crippen MR) is 112 cm³/mol. The van der Waals surface area contributed by atoms with E-state index in [1.807, 2.05) is 47.7 Å². The van der Waals surface area contributed by atoms with E-state index in [1.54, 1.807) is 16.8 Å². The van der Waals surface area contributed by atoms with Crippen LogP contribution in [0.15, 0.2) is 58.6 Å². The second-order valence-corrected chi connectivity index (χ2v) is 7.42. The summed E-state index contributed by atoms with van der Waals surface area (Å²) in [5.74, 6) is 0.560. The fourth-order valence-electron chi connectivity index (χ4n) is 3.13. The number of para-hydroxylation sites is 1. The number of nitrogens with one attached hydrogen (secondary N) is 1. The Labute approximate surface area is 171 Å². The van der Waals surface area contributed by atoms with Crippen LogP contribution in [0.25, 0.3) is 16.7 Å². The van der Waals surface area contributed by atoms with E-state index < -0.39 is 0 Å². The second-order valence-electron chi connectivity index (χ2n) is 6.48. The molecule has 9 heteroatoms. The second kappa shape index (κ2) is 8.44. The number of hydrogen-bond donors (Lipinski definition) is 1. The zero-order chi connectivity index (χ0) is 20.2. The summed E-state index contributed by atoms with van der Waals surface area (Å²) in [5.41, 5.74) is 1.46. The van der Waals surface area contributed by atoms with Crippen LogP contribution in [0.5, 0.6) is 0 Å². The van der Waals surface area contributed by atoms with Crippen molar-refractivity contribution >= 4 is 34.3 Å². The maximum atomic E-state index is 12.8. The highest BCUT2D eigenvalue weighted by atomic mass is 32.2. The Morgan fingerprint density at radius 3 is 2.76 bits per heavy atom. The summed E-state index contributed by atoms with van der Waals surface area (Å²) in [4.78, 5) is 29.3. The lowest BCUT2D eigenvalue weighted by molar-refractivity contribution is -0.118. The zero-order valence-corrected chi connectivity index (χ0v) is 16.7. The van der Waals surface area contributed by atoms with Crippen LogP contribution in [0, 0.1) is 0 Å². The number of rotatable bonds is 7. The number of fused-ring (bicyclic) bond motifs is 3. The summed E-state index contributed by atoms with van der Waals surface area (Å²) in [6.07, 6.45) is 2.50. The Morgan fingerprint density at radius 2 is 1.97 bits per heavy atom. The van der Waals surface area contributed by atoms with Crippen LogP contribution in [0.4, 0.5) is 0 Å². The van der Waals surface area contributed by atoms with E-state index in [4.69, 9.17) is 0 Å². The monoisotopic (exact) mass is 408 g/mol. The maximum Gasteiger partial charge on any atom is 0.262 e. The Hall–Kier alpha value is -3.20. The van der Waals surface area contributed by atoms with Crippen molar-refractivity contribution in [3.63, 3.8) is 0 Å². The zero-order valence-electron chi connectivity index (χ0n) is 15.9. The number of aromatic nitrogens is 5. The van der Waals surface area contributed by atoms with Gasteiger partial charge in [-0.3, -0.25) is 23.5 Å². The normalized spacial score (nSPS) is 11.2. The first-order valence-corrected chi connectivity index (χ1v) is 10.3. The topological polar surface area (TPSA) is 94.2 Å². The predicted octanol–water partition coefficient (Wildman–Crippen LogP) is 2.26. The van der Waals surface area contributed by atoms with Crippen molar-refractivity contribution in [3.8, 4) is 0 Å². The SMILES string of the molecule is CCCn1c(=O)c2ccccc2n2c(SCC(=O)NCc3ccccn3)nnc12. The van der Waals surface area contributed by atoms with Gasteiger partial charge in [0.1, 0.15) is 0 Å². The Morgan fingerprint density at radius 1 is 1.14 bits per heavy atom. The summed E-state index contributed by atoms with van der Waals surface area (Å²) < 4.78 is 3.49. The van der Waals surface area contributed by atoms with E-state index in [1.165, 1.54) is 11.8 Å². The maximum absolute atomic E-state index is 12.8. The van der Waals surface area contributed by atoms with Crippen molar-refractivity contribution in [3.05, 3.63) is 64.7 Å². The molecule has 0 atom stereocenters. The van der Waals surface area contributed by atoms with Gasteiger partial charge in [-0.05, 0) is 30.7 Å². The van der Waals surface area contributed by atoms with E-state index >= 15 is 0 Å². The molecule has 29 heavy (non-hydrogen) atoms. The van der Waals surface area contributed by atoms with Crippen molar-refractivity contribution in [1.82, 2.24) is 29.5 Å². The molecule has 0 saturated carbocycles. The average molecular weight is 408 g/mol. The van der Waals surface area contributed by atoms with Crippen molar-refractivity contribution in [2.24, 2.45) is 0 Å². The number of benzene rings is 1. The summed E-state index contributed by atoms with van der Waals surface area (Å²) in [6, 6.07) is 13.0. The lowest BCUT2D eigenvalue weighted by atomic mass is 10.2. The number of hydrogen-bond acceptors (Lipinski definition) is 6. The van der Waals surface area contributed by atoms with Gasteiger partial charge in [-0.15, -0.1) is 10.2 Å². The van der Waals surface area contributed by atoms with Crippen LogP contribution >= 0.6 is 11.8 Å². The number of amides is 1. The van der Waals surface area contributed by atoms with Gasteiger partial charge in [0.2, 0.25) is 11.7 Å². The summed E-state index contributed by atoms with van der Waals surface area (Å²) in [7, 11) is 0. The van der Waals surface area contributed by atoms with Gasteiger partial charge in [-0.2, -0.15) is 0 Å². The minimum atomic E-state index is -0.122. The molecule has 0 radical (unpaired) electrons. The van der Waals surface area contributed by atoms with Crippen molar-refractivity contribution in [2.45, 2.75) is 31.6 Å². The molecule has 3 heterocycles. The molecule has 148 valence electrons. The fraction of sp³-hybridized carbons (Fsp3) is 0.250. The molecule has 1 amide bonds. The highest BCUT2D eigenvalue weighted by Crippen LogP contribution is 2.21. The van der Waals surface area contributed by atoms with Gasteiger partial charge in [0, 0.05) is 12.7 Å². The Balaban J connectivity index is 1.60. The third-order valence-corrected chi connectivity index (χ3v) is 5.38. The quantitative estimate of drug-likeness (QED) is 0.472. The van der Waals surface area contributed by atoms with E-state index in [9.17, 15) is 9.59 Å². The lowest BCUT2D eigenvalue weighted by Crippen LogP contribution is -2.25. The molecule has 0 bridgehead atoms. The van der Waals surface area contributed by atoms with Crippen LogP contribution in [0.3, 0.4) is 0 Å². The Kier molecular flexibility index (Phi) is 5.57. The van der Waals surface area contributed by atoms with Crippen molar-refractivity contribution in [2.75, 3.05) is 5.75 Å². The molecule has 0 aliphatic heterocycles. The average Bonchev–Trinajstić information content (AvgIpc) is 3.18. The molecule has 0 fully saturated rings. The standard InChI is InChI=1S/C20H20N6O2S/c1-2-11-25-18(28)15-8-3-4-9-16(15)26-19(25)23-24-20(26)29-13-17(27)22-12-14-7-5-6-10-21-14/h3-10H,2,11-13H2,1H3,(H,22,27). The molecular weight excluding hydrogens is 388 g/mol. The first-order chi connectivity index (χ1) is 14.2. The molecule has 4 rings (SSSR count). The van der Waals surface area contributed by atoms with Gasteiger partial charge in [-0.25, -0.2) is 0 Å². The molecule has 0 spiro atoms. The molecule has 0 saturated heterocycles. The smallest absolute Gasteiger partial charge is 0.262 e. The van der Waals surface area contributed by atoms with Gasteiger partial charge in [0.15, 0.2) is 5.16 Å². The van der Waals surface area contributed by atoms with Gasteiger partial charge in [0.05, 0.1) is 28.9 Å². The van der Waals surface area contributed by atoms with Crippen LogP contribution in [-0.2, 0) is 17.9 Å². The largest absolute Gasteiger partial charge is 0.350 e. The van der Waals surface area contributed by atoms with Crippen LogP contribution < -0.4 is 10.9 Å². The third-order valence-electron chi connectivity index (χ3n) is 4.45. The van der Waals surface area contributed by atoms with Crippen LogP contribution in [0.2, 0.25) is 0 Å². The van der Waals surface area contributed by atoms with Gasteiger partial charge in [0.25, 0.3) is 5.56 Å². The highest BCUT2D eigenvalue weighted by molar-refractivity contribution is 7.99. The summed E-state index contributed by atoms with van der Waals surface area (Å²) in [6.45, 7) is 2.94. The molecule has 0 aliphatic carbocycles. The summed E-state index contributed by atoms with van der Waals surface area (Å²) >= 11 is 1.29. The number of pyridine rings is 1. The van der Waals surface area contributed by atoms with E-state index in [0.717, 1.165) is 17.6 Å². The number of aryl methyl sites for hydroxylation is 1. The molecule has 1 N–H and O–H groups in total. The molecular formula is C20H20N6O2S. The highest BCUT2D eigenvalue weighted by Gasteiger charge is 2.17. The van der Waals surface area contributed by atoms with Gasteiger partial charge >= 0.3 is 0 Å². The minimum Gasteiger partial charge on any atom is -0.350 e. The fourth-order valence-corrected chi connectivity index (χ4v) is 3.90. The molecule has 0 unspecified atom stereocenters. The number of carbonyl (C=O) groups excluding carboxylic acids is 1. The molecule has 8 nitrogen and oxygen atoms in total. The molecule has 1 aromatic carbocycles. The lowest BCUT2D eigenvalue weighted by Gasteiger charge is -2.10. The van der Waals surface area contributed by atoms with E-state index in [0.29, 0.717) is 29.4 Å².